The van der Waals surface area contributed by atoms with E-state index in [4.69, 9.17) is 17.0 Å². The number of halogens is 2. The molecule has 2 N–H and O–H groups in total. The van der Waals surface area contributed by atoms with E-state index in [9.17, 15) is 8.78 Å². The van der Waals surface area contributed by atoms with Crippen LogP contribution in [0.25, 0.3) is 0 Å². The molecule has 2 atom stereocenters. The molecule has 0 amide bonds. The van der Waals surface area contributed by atoms with E-state index >= 15 is 0 Å². The van der Waals surface area contributed by atoms with Crippen LogP contribution in [0, 0.1) is 11.6 Å². The van der Waals surface area contributed by atoms with Gasteiger partial charge in [-0.15, -0.1) is 0 Å². The van der Waals surface area contributed by atoms with Crippen LogP contribution in [-0.4, -0.2) is 35.3 Å². The Morgan fingerprint density at radius 1 is 1.07 bits per heavy atom. The van der Waals surface area contributed by atoms with Crippen LogP contribution in [0.4, 0.5) is 14.5 Å². The van der Waals surface area contributed by atoms with Crippen molar-refractivity contribution in [2.45, 2.75) is 39.1 Å². The van der Waals surface area contributed by atoms with Gasteiger partial charge in [-0.25, -0.2) is 8.78 Å². The summed E-state index contributed by atoms with van der Waals surface area (Å²) < 4.78 is 32.4. The number of morpholine rings is 1. The molecule has 1 aliphatic heterocycles. The van der Waals surface area contributed by atoms with Gasteiger partial charge in [-0.1, -0.05) is 24.3 Å². The quantitative estimate of drug-likeness (QED) is 0.734. The second-order valence-electron chi connectivity index (χ2n) is 7.20. The number of nitrogens with one attached hydrogen (secondary N) is 2. The maximum absolute atomic E-state index is 13.7. The Morgan fingerprint density at radius 2 is 1.71 bits per heavy atom. The fourth-order valence-electron chi connectivity index (χ4n) is 3.37. The molecule has 1 fully saturated rings. The molecule has 7 heteroatoms. The lowest BCUT2D eigenvalue weighted by molar-refractivity contribution is -0.0704. The van der Waals surface area contributed by atoms with Crippen molar-refractivity contribution in [3.05, 3.63) is 65.2 Å². The predicted molar refractivity (Wildman–Crippen MR) is 111 cm³/mol. The number of anilines is 1. The first-order chi connectivity index (χ1) is 13.4. The van der Waals surface area contributed by atoms with E-state index in [1.807, 2.05) is 0 Å². The Morgan fingerprint density at radius 3 is 2.36 bits per heavy atom. The molecule has 0 bridgehead atoms. The molecule has 3 rings (SSSR count). The summed E-state index contributed by atoms with van der Waals surface area (Å²) in [5.74, 6) is -1.30. The Labute approximate surface area is 169 Å². The van der Waals surface area contributed by atoms with E-state index in [0.717, 1.165) is 31.3 Å². The standard InChI is InChI=1S/C21H25F2N3OS/c1-14-11-26(12-15(2)27-14)13-17-5-3-16(4-6-17)10-24-21(28)25-20-8-7-18(22)9-19(20)23/h3-9,14-15H,10-13H2,1-2H3,(H2,24,25,28). The van der Waals surface area contributed by atoms with Gasteiger partial charge >= 0.3 is 0 Å². The summed E-state index contributed by atoms with van der Waals surface area (Å²) in [5.41, 5.74) is 2.46. The van der Waals surface area contributed by atoms with Crippen molar-refractivity contribution in [3.8, 4) is 0 Å². The van der Waals surface area contributed by atoms with Crippen molar-refractivity contribution < 1.29 is 13.5 Å². The molecule has 0 spiro atoms. The van der Waals surface area contributed by atoms with E-state index in [-0.39, 0.29) is 23.0 Å². The highest BCUT2D eigenvalue weighted by atomic mass is 32.1. The predicted octanol–water partition coefficient (Wildman–Crippen LogP) is 4.06. The largest absolute Gasteiger partial charge is 0.373 e. The topological polar surface area (TPSA) is 36.5 Å². The number of nitrogens with zero attached hydrogens (tertiary/aromatic N) is 1. The minimum atomic E-state index is -0.680. The van der Waals surface area contributed by atoms with Gasteiger partial charge in [0.25, 0.3) is 0 Å². The van der Waals surface area contributed by atoms with Gasteiger partial charge in [0.2, 0.25) is 0 Å². The third-order valence-electron chi connectivity index (χ3n) is 4.56. The van der Waals surface area contributed by atoms with Crippen molar-refractivity contribution in [2.75, 3.05) is 18.4 Å². The maximum Gasteiger partial charge on any atom is 0.171 e. The normalized spacial score (nSPS) is 20.0. The molecule has 0 aliphatic carbocycles. The Balaban J connectivity index is 1.48. The van der Waals surface area contributed by atoms with Crippen LogP contribution >= 0.6 is 12.2 Å². The summed E-state index contributed by atoms with van der Waals surface area (Å²) in [4.78, 5) is 2.41. The van der Waals surface area contributed by atoms with E-state index in [2.05, 4.69) is 53.6 Å². The Bertz CT molecular complexity index is 806. The van der Waals surface area contributed by atoms with Crippen molar-refractivity contribution >= 4 is 23.0 Å². The summed E-state index contributed by atoms with van der Waals surface area (Å²) in [6.45, 7) is 7.50. The second-order valence-corrected chi connectivity index (χ2v) is 7.61. The second kappa shape index (κ2) is 9.41. The summed E-state index contributed by atoms with van der Waals surface area (Å²) in [5, 5.41) is 6.06. The molecule has 1 heterocycles. The van der Waals surface area contributed by atoms with Crippen molar-refractivity contribution in [1.82, 2.24) is 10.2 Å². The molecule has 0 saturated carbocycles. The monoisotopic (exact) mass is 405 g/mol. The molecule has 4 nitrogen and oxygen atoms in total. The molecule has 0 radical (unpaired) electrons. The van der Waals surface area contributed by atoms with Crippen LogP contribution in [0.5, 0.6) is 0 Å². The van der Waals surface area contributed by atoms with Gasteiger partial charge in [-0.3, -0.25) is 4.90 Å². The molecular weight excluding hydrogens is 380 g/mol. The number of hydrogen-bond donors (Lipinski definition) is 2. The average Bonchev–Trinajstić information content (AvgIpc) is 2.63. The highest BCUT2D eigenvalue weighted by Crippen LogP contribution is 2.16. The van der Waals surface area contributed by atoms with Gasteiger partial charge in [0.15, 0.2) is 5.11 Å². The van der Waals surface area contributed by atoms with Crippen LogP contribution in [0.1, 0.15) is 25.0 Å². The first-order valence-electron chi connectivity index (χ1n) is 9.34. The van der Waals surface area contributed by atoms with Gasteiger partial charge in [0.1, 0.15) is 11.6 Å². The van der Waals surface area contributed by atoms with Gasteiger partial charge in [-0.05, 0) is 49.3 Å². The van der Waals surface area contributed by atoms with Crippen LogP contribution in [0.2, 0.25) is 0 Å². The van der Waals surface area contributed by atoms with E-state index in [1.165, 1.54) is 17.7 Å². The summed E-state index contributed by atoms with van der Waals surface area (Å²) in [6, 6.07) is 11.6. The molecule has 2 aromatic carbocycles. The molecule has 1 aliphatic rings. The third-order valence-corrected chi connectivity index (χ3v) is 4.80. The van der Waals surface area contributed by atoms with Crippen LogP contribution in [0.15, 0.2) is 42.5 Å². The third kappa shape index (κ3) is 5.95. The molecule has 2 aromatic rings. The lowest BCUT2D eigenvalue weighted by Gasteiger charge is -2.35. The highest BCUT2D eigenvalue weighted by molar-refractivity contribution is 7.80. The molecule has 1 saturated heterocycles. The summed E-state index contributed by atoms with van der Waals surface area (Å²) in [7, 11) is 0. The van der Waals surface area contributed by atoms with Crippen LogP contribution in [0.3, 0.4) is 0 Å². The summed E-state index contributed by atoms with van der Waals surface area (Å²) >= 11 is 5.18. The zero-order valence-electron chi connectivity index (χ0n) is 16.0. The minimum Gasteiger partial charge on any atom is -0.373 e. The van der Waals surface area contributed by atoms with E-state index in [0.29, 0.717) is 6.54 Å². The Kier molecular flexibility index (Phi) is 6.93. The smallest absolute Gasteiger partial charge is 0.171 e. The lowest BCUT2D eigenvalue weighted by atomic mass is 10.1. The van der Waals surface area contributed by atoms with Crippen molar-refractivity contribution in [1.29, 1.82) is 0 Å². The Hall–Kier alpha value is -2.09. The average molecular weight is 406 g/mol. The zero-order valence-corrected chi connectivity index (χ0v) is 16.9. The number of thiocarbonyl (C=S) groups is 1. The van der Waals surface area contributed by atoms with Gasteiger partial charge in [0.05, 0.1) is 17.9 Å². The van der Waals surface area contributed by atoms with E-state index in [1.54, 1.807) is 0 Å². The molecule has 2 unspecified atom stereocenters. The van der Waals surface area contributed by atoms with Gasteiger partial charge in [0, 0.05) is 32.2 Å². The number of hydrogen-bond acceptors (Lipinski definition) is 3. The lowest BCUT2D eigenvalue weighted by Crippen LogP contribution is -2.44. The first-order valence-corrected chi connectivity index (χ1v) is 9.75. The van der Waals surface area contributed by atoms with Gasteiger partial charge < -0.3 is 15.4 Å². The highest BCUT2D eigenvalue weighted by Gasteiger charge is 2.21. The number of ether oxygens (including phenoxy) is 1. The maximum atomic E-state index is 13.7. The minimum absolute atomic E-state index is 0.142. The van der Waals surface area contributed by atoms with E-state index < -0.39 is 11.6 Å². The summed E-state index contributed by atoms with van der Waals surface area (Å²) in [6.07, 6.45) is 0.512. The van der Waals surface area contributed by atoms with Crippen LogP contribution < -0.4 is 10.6 Å². The molecule has 150 valence electrons. The first kappa shape index (κ1) is 20.6. The fourth-order valence-corrected chi connectivity index (χ4v) is 3.56. The number of benzene rings is 2. The van der Waals surface area contributed by atoms with Crippen LogP contribution in [-0.2, 0) is 17.8 Å². The molecule has 28 heavy (non-hydrogen) atoms. The zero-order chi connectivity index (χ0) is 20.1. The fraction of sp³-hybridized carbons (Fsp3) is 0.381. The molecular formula is C21H25F2N3OS. The SMILES string of the molecule is CC1CN(Cc2ccc(CNC(=S)Nc3ccc(F)cc3F)cc2)CC(C)O1. The van der Waals surface area contributed by atoms with Crippen molar-refractivity contribution in [3.63, 3.8) is 0 Å². The molecule has 0 aromatic heterocycles. The number of rotatable bonds is 5. The van der Waals surface area contributed by atoms with Crippen molar-refractivity contribution in [2.24, 2.45) is 0 Å². The van der Waals surface area contributed by atoms with Gasteiger partial charge in [-0.2, -0.15) is 0 Å².